The minimum absolute atomic E-state index is 0.161. The SMILES string of the molecule is Cc1cc(OC(F)(F)F)cc(N(C)C2CCN(C)C2)c1. The van der Waals surface area contributed by atoms with Crippen molar-refractivity contribution in [3.05, 3.63) is 23.8 Å². The van der Waals surface area contributed by atoms with E-state index in [0.29, 0.717) is 6.04 Å². The first-order valence-corrected chi connectivity index (χ1v) is 6.53. The number of nitrogens with zero attached hydrogens (tertiary/aromatic N) is 2. The van der Waals surface area contributed by atoms with Gasteiger partial charge < -0.3 is 14.5 Å². The standard InChI is InChI=1S/C14H19F3N2O/c1-10-6-12(8-13(7-10)20-14(15,16)17)19(3)11-4-5-18(2)9-11/h6-8,11H,4-5,9H2,1-3H3. The maximum absolute atomic E-state index is 12.3. The van der Waals surface area contributed by atoms with Crippen LogP contribution in [0.3, 0.4) is 0 Å². The highest BCUT2D eigenvalue weighted by Gasteiger charge is 2.31. The van der Waals surface area contributed by atoms with Crippen LogP contribution >= 0.6 is 0 Å². The fourth-order valence-corrected chi connectivity index (χ4v) is 2.56. The van der Waals surface area contributed by atoms with Crippen LogP contribution in [0.5, 0.6) is 5.75 Å². The number of hydrogen-bond acceptors (Lipinski definition) is 3. The molecule has 1 heterocycles. The van der Waals surface area contributed by atoms with Crippen LogP contribution in [0.15, 0.2) is 18.2 Å². The first kappa shape index (κ1) is 15.0. The molecule has 1 unspecified atom stereocenters. The zero-order chi connectivity index (χ0) is 14.9. The van der Waals surface area contributed by atoms with Gasteiger partial charge in [0.2, 0.25) is 0 Å². The molecule has 20 heavy (non-hydrogen) atoms. The van der Waals surface area contributed by atoms with Gasteiger partial charge in [0.05, 0.1) is 0 Å². The van der Waals surface area contributed by atoms with Crippen LogP contribution in [0.2, 0.25) is 0 Å². The normalized spacial score (nSPS) is 20.2. The lowest BCUT2D eigenvalue weighted by Gasteiger charge is -2.27. The molecule has 0 aromatic heterocycles. The van der Waals surface area contributed by atoms with Crippen LogP contribution in [0, 0.1) is 6.92 Å². The van der Waals surface area contributed by atoms with Crippen LogP contribution in [-0.4, -0.2) is 44.5 Å². The molecule has 3 nitrogen and oxygen atoms in total. The van der Waals surface area contributed by atoms with Crippen molar-refractivity contribution in [3.8, 4) is 5.75 Å². The smallest absolute Gasteiger partial charge is 0.406 e. The summed E-state index contributed by atoms with van der Waals surface area (Å²) in [5.41, 5.74) is 1.50. The molecule has 0 bridgehead atoms. The van der Waals surface area contributed by atoms with E-state index in [1.54, 1.807) is 6.92 Å². The van der Waals surface area contributed by atoms with Crippen molar-refractivity contribution in [1.29, 1.82) is 0 Å². The molecule has 1 aromatic rings. The van der Waals surface area contributed by atoms with Crippen molar-refractivity contribution in [2.75, 3.05) is 32.1 Å². The van der Waals surface area contributed by atoms with Gasteiger partial charge >= 0.3 is 6.36 Å². The molecule has 6 heteroatoms. The molecule has 1 saturated heterocycles. The van der Waals surface area contributed by atoms with Crippen LogP contribution in [0.25, 0.3) is 0 Å². The lowest BCUT2D eigenvalue weighted by molar-refractivity contribution is -0.274. The van der Waals surface area contributed by atoms with Crippen LogP contribution in [0.1, 0.15) is 12.0 Å². The van der Waals surface area contributed by atoms with Gasteiger partial charge in [0.25, 0.3) is 0 Å². The number of hydrogen-bond donors (Lipinski definition) is 0. The van der Waals surface area contributed by atoms with Gasteiger partial charge in [-0.15, -0.1) is 13.2 Å². The maximum atomic E-state index is 12.3. The van der Waals surface area contributed by atoms with Crippen LogP contribution in [0.4, 0.5) is 18.9 Å². The number of rotatable bonds is 3. The second kappa shape index (κ2) is 5.52. The zero-order valence-corrected chi connectivity index (χ0v) is 11.9. The summed E-state index contributed by atoms with van der Waals surface area (Å²) >= 11 is 0. The molecule has 0 saturated carbocycles. The highest BCUT2D eigenvalue weighted by Crippen LogP contribution is 2.30. The van der Waals surface area contributed by atoms with Crippen molar-refractivity contribution in [2.45, 2.75) is 25.7 Å². The molecule has 2 rings (SSSR count). The second-order valence-electron chi connectivity index (χ2n) is 5.37. The Morgan fingerprint density at radius 2 is 2.00 bits per heavy atom. The molecule has 0 N–H and O–H groups in total. The lowest BCUT2D eigenvalue weighted by atomic mass is 10.1. The lowest BCUT2D eigenvalue weighted by Crippen LogP contribution is -2.33. The fourth-order valence-electron chi connectivity index (χ4n) is 2.56. The Morgan fingerprint density at radius 1 is 1.30 bits per heavy atom. The largest absolute Gasteiger partial charge is 0.573 e. The number of likely N-dealkylation sites (tertiary alicyclic amines) is 1. The van der Waals surface area contributed by atoms with Crippen molar-refractivity contribution in [1.82, 2.24) is 4.90 Å². The van der Waals surface area contributed by atoms with Gasteiger partial charge in [-0.1, -0.05) is 0 Å². The van der Waals surface area contributed by atoms with Crippen molar-refractivity contribution >= 4 is 5.69 Å². The summed E-state index contributed by atoms with van der Waals surface area (Å²) in [5.74, 6) is -0.161. The third-order valence-corrected chi connectivity index (χ3v) is 3.59. The zero-order valence-electron chi connectivity index (χ0n) is 11.9. The van der Waals surface area contributed by atoms with E-state index in [2.05, 4.69) is 9.64 Å². The van der Waals surface area contributed by atoms with Gasteiger partial charge in [-0.3, -0.25) is 0 Å². The van der Waals surface area contributed by atoms with E-state index in [-0.39, 0.29) is 5.75 Å². The van der Waals surface area contributed by atoms with Crippen LogP contribution < -0.4 is 9.64 Å². The molecule has 0 radical (unpaired) electrons. The predicted octanol–water partition coefficient (Wildman–Crippen LogP) is 3.03. The summed E-state index contributed by atoms with van der Waals surface area (Å²) in [6, 6.07) is 5.03. The number of ether oxygens (including phenoxy) is 1. The Balaban J connectivity index is 2.19. The molecule has 1 aliphatic heterocycles. The topological polar surface area (TPSA) is 15.7 Å². The summed E-state index contributed by atoms with van der Waals surface area (Å²) < 4.78 is 41.0. The quantitative estimate of drug-likeness (QED) is 0.850. The summed E-state index contributed by atoms with van der Waals surface area (Å²) in [4.78, 5) is 4.24. The Bertz CT molecular complexity index is 476. The number of likely N-dealkylation sites (N-methyl/N-ethyl adjacent to an activating group) is 2. The number of anilines is 1. The molecule has 0 spiro atoms. The van der Waals surface area contributed by atoms with Gasteiger partial charge in [0.15, 0.2) is 0 Å². The molecular formula is C14H19F3N2O. The minimum Gasteiger partial charge on any atom is -0.406 e. The Kier molecular flexibility index (Phi) is 4.13. The van der Waals surface area contributed by atoms with Gasteiger partial charge in [-0.2, -0.15) is 0 Å². The third kappa shape index (κ3) is 3.79. The minimum atomic E-state index is -4.66. The summed E-state index contributed by atoms with van der Waals surface area (Å²) in [6.07, 6.45) is -3.65. The summed E-state index contributed by atoms with van der Waals surface area (Å²) in [6.45, 7) is 3.69. The van der Waals surface area contributed by atoms with Gasteiger partial charge in [-0.25, -0.2) is 0 Å². The predicted molar refractivity (Wildman–Crippen MR) is 72.2 cm³/mol. The average molecular weight is 288 g/mol. The molecule has 1 fully saturated rings. The van der Waals surface area contributed by atoms with Crippen molar-refractivity contribution in [3.63, 3.8) is 0 Å². The molecule has 112 valence electrons. The summed E-state index contributed by atoms with van der Waals surface area (Å²) in [5, 5.41) is 0. The number of aryl methyl sites for hydroxylation is 1. The number of halogens is 3. The van der Waals surface area contributed by atoms with E-state index in [0.717, 1.165) is 30.8 Å². The second-order valence-corrected chi connectivity index (χ2v) is 5.37. The molecule has 0 aliphatic carbocycles. The molecule has 1 aliphatic rings. The number of benzene rings is 1. The highest BCUT2D eigenvalue weighted by atomic mass is 19.4. The van der Waals surface area contributed by atoms with E-state index < -0.39 is 6.36 Å². The van der Waals surface area contributed by atoms with E-state index in [1.807, 2.05) is 25.1 Å². The molecule has 0 amide bonds. The van der Waals surface area contributed by atoms with E-state index in [1.165, 1.54) is 12.1 Å². The first-order valence-electron chi connectivity index (χ1n) is 6.53. The summed E-state index contributed by atoms with van der Waals surface area (Å²) in [7, 11) is 3.96. The van der Waals surface area contributed by atoms with Crippen LogP contribution in [-0.2, 0) is 0 Å². The monoisotopic (exact) mass is 288 g/mol. The van der Waals surface area contributed by atoms with E-state index in [4.69, 9.17) is 0 Å². The fraction of sp³-hybridized carbons (Fsp3) is 0.571. The maximum Gasteiger partial charge on any atom is 0.573 e. The Labute approximate surface area is 116 Å². The molecule has 1 atom stereocenters. The molecular weight excluding hydrogens is 269 g/mol. The average Bonchev–Trinajstić information content (AvgIpc) is 2.71. The third-order valence-electron chi connectivity index (χ3n) is 3.59. The Morgan fingerprint density at radius 3 is 2.55 bits per heavy atom. The van der Waals surface area contributed by atoms with Crippen molar-refractivity contribution < 1.29 is 17.9 Å². The first-order chi connectivity index (χ1) is 9.24. The van der Waals surface area contributed by atoms with E-state index in [9.17, 15) is 13.2 Å². The van der Waals surface area contributed by atoms with Crippen molar-refractivity contribution in [2.24, 2.45) is 0 Å². The highest BCUT2D eigenvalue weighted by molar-refractivity contribution is 5.53. The van der Waals surface area contributed by atoms with Gasteiger partial charge in [0, 0.05) is 31.4 Å². The van der Waals surface area contributed by atoms with Gasteiger partial charge in [0.1, 0.15) is 5.75 Å². The van der Waals surface area contributed by atoms with Gasteiger partial charge in [-0.05, 0) is 44.6 Å². The molecule has 1 aromatic carbocycles. The van der Waals surface area contributed by atoms with E-state index >= 15 is 0 Å². The number of alkyl halides is 3. The Hall–Kier alpha value is -1.43.